The molecule has 1 N–H and O–H groups in total. The molecule has 1 atom stereocenters. The highest BCUT2D eigenvalue weighted by Crippen LogP contribution is 2.31. The second-order valence-electron chi connectivity index (χ2n) is 5.12. The molecule has 3 rings (SSSR count). The first-order valence-corrected chi connectivity index (χ1v) is 8.18. The summed E-state index contributed by atoms with van der Waals surface area (Å²) >= 11 is 1.57. The summed E-state index contributed by atoms with van der Waals surface area (Å²) in [7, 11) is 0. The second kappa shape index (κ2) is 6.36. The van der Waals surface area contributed by atoms with E-state index in [1.165, 1.54) is 0 Å². The van der Waals surface area contributed by atoms with Gasteiger partial charge in [-0.1, -0.05) is 6.92 Å². The lowest BCUT2D eigenvalue weighted by molar-refractivity contribution is 0.0934. The molecule has 1 amide bonds. The van der Waals surface area contributed by atoms with E-state index in [4.69, 9.17) is 9.47 Å². The number of aromatic nitrogens is 1. The molecule has 0 saturated carbocycles. The van der Waals surface area contributed by atoms with E-state index in [2.05, 4.69) is 10.3 Å². The van der Waals surface area contributed by atoms with Crippen molar-refractivity contribution in [3.63, 3.8) is 0 Å². The van der Waals surface area contributed by atoms with Gasteiger partial charge in [0.05, 0.1) is 6.04 Å². The lowest BCUT2D eigenvalue weighted by Gasteiger charge is -2.19. The number of hydrogen-bond donors (Lipinski definition) is 1. The molecule has 0 radical (unpaired) electrons. The van der Waals surface area contributed by atoms with E-state index in [9.17, 15) is 4.79 Å². The molecular formula is C16H18N2O3S. The molecule has 0 saturated heterocycles. The number of benzene rings is 1. The van der Waals surface area contributed by atoms with Gasteiger partial charge < -0.3 is 14.8 Å². The molecule has 22 heavy (non-hydrogen) atoms. The molecule has 1 aliphatic heterocycles. The smallest absolute Gasteiger partial charge is 0.251 e. The average Bonchev–Trinajstić information content (AvgIpc) is 2.98. The van der Waals surface area contributed by atoms with Crippen LogP contribution in [0.5, 0.6) is 11.5 Å². The summed E-state index contributed by atoms with van der Waals surface area (Å²) in [4.78, 5) is 16.9. The Kier molecular flexibility index (Phi) is 4.29. The number of fused-ring (bicyclic) bond motifs is 1. The molecule has 2 aromatic rings. The van der Waals surface area contributed by atoms with Crippen molar-refractivity contribution in [2.24, 2.45) is 0 Å². The second-order valence-corrected chi connectivity index (χ2v) is 6.01. The molecule has 0 unspecified atom stereocenters. The van der Waals surface area contributed by atoms with Gasteiger partial charge >= 0.3 is 0 Å². The number of nitrogens with zero attached hydrogens (tertiary/aromatic N) is 1. The number of aryl methyl sites for hydroxylation is 1. The van der Waals surface area contributed by atoms with Crippen LogP contribution in [0, 0.1) is 6.92 Å². The largest absolute Gasteiger partial charge is 0.486 e. The summed E-state index contributed by atoms with van der Waals surface area (Å²) in [6, 6.07) is 5.18. The third-order valence-corrected chi connectivity index (χ3v) is 4.53. The van der Waals surface area contributed by atoms with E-state index in [1.54, 1.807) is 29.5 Å². The zero-order chi connectivity index (χ0) is 15.5. The molecule has 0 fully saturated rings. The molecule has 2 heterocycles. The van der Waals surface area contributed by atoms with Gasteiger partial charge in [0.2, 0.25) is 0 Å². The lowest BCUT2D eigenvalue weighted by atomic mass is 10.1. The summed E-state index contributed by atoms with van der Waals surface area (Å²) in [5.41, 5.74) is 1.54. The molecule has 1 aromatic heterocycles. The van der Waals surface area contributed by atoms with Gasteiger partial charge in [0.25, 0.3) is 5.91 Å². The number of ether oxygens (including phenoxy) is 2. The maximum absolute atomic E-state index is 12.4. The van der Waals surface area contributed by atoms with Crippen LogP contribution in [0.3, 0.4) is 0 Å². The monoisotopic (exact) mass is 318 g/mol. The van der Waals surface area contributed by atoms with Crippen molar-refractivity contribution < 1.29 is 14.3 Å². The Morgan fingerprint density at radius 2 is 2.14 bits per heavy atom. The van der Waals surface area contributed by atoms with Gasteiger partial charge in [0, 0.05) is 16.6 Å². The van der Waals surface area contributed by atoms with Crippen LogP contribution >= 0.6 is 11.3 Å². The minimum Gasteiger partial charge on any atom is -0.486 e. The maximum atomic E-state index is 12.4. The first-order valence-electron chi connectivity index (χ1n) is 7.30. The lowest BCUT2D eigenvalue weighted by Crippen LogP contribution is -2.28. The molecule has 1 aliphatic rings. The number of thiazole rings is 1. The van der Waals surface area contributed by atoms with Crippen LogP contribution in [0.25, 0.3) is 0 Å². The van der Waals surface area contributed by atoms with Crippen LogP contribution in [0.2, 0.25) is 0 Å². The Morgan fingerprint density at radius 3 is 2.82 bits per heavy atom. The number of carbonyl (C=O) groups is 1. The standard InChI is InChI=1S/C16H18N2O3S/c1-3-12(16-17-10(2)9-22-16)18-15(19)11-4-5-13-14(8-11)21-7-6-20-13/h4-5,8-9,12H,3,6-7H2,1-2H3,(H,18,19)/t12-/m1/s1. The zero-order valence-electron chi connectivity index (χ0n) is 12.6. The Morgan fingerprint density at radius 1 is 1.36 bits per heavy atom. The summed E-state index contributed by atoms with van der Waals surface area (Å²) in [5.74, 6) is 1.18. The fourth-order valence-corrected chi connectivity index (χ4v) is 3.23. The van der Waals surface area contributed by atoms with Crippen molar-refractivity contribution in [3.8, 4) is 11.5 Å². The van der Waals surface area contributed by atoms with Crippen LogP contribution in [-0.4, -0.2) is 24.1 Å². The zero-order valence-corrected chi connectivity index (χ0v) is 13.4. The third kappa shape index (κ3) is 3.06. The van der Waals surface area contributed by atoms with Crippen molar-refractivity contribution in [3.05, 3.63) is 39.8 Å². The van der Waals surface area contributed by atoms with E-state index in [-0.39, 0.29) is 11.9 Å². The summed E-state index contributed by atoms with van der Waals surface area (Å²) in [6.07, 6.45) is 0.795. The first kappa shape index (κ1) is 14.8. The highest BCUT2D eigenvalue weighted by molar-refractivity contribution is 7.09. The van der Waals surface area contributed by atoms with Crippen LogP contribution in [0.15, 0.2) is 23.6 Å². The topological polar surface area (TPSA) is 60.5 Å². The van der Waals surface area contributed by atoms with E-state index in [1.807, 2.05) is 19.2 Å². The van der Waals surface area contributed by atoms with Crippen LogP contribution in [0.4, 0.5) is 0 Å². The Labute approximate surface area is 133 Å². The molecule has 0 aliphatic carbocycles. The molecule has 5 nitrogen and oxygen atoms in total. The van der Waals surface area contributed by atoms with Crippen molar-refractivity contribution in [1.29, 1.82) is 0 Å². The normalized spacial score (nSPS) is 14.5. The Hall–Kier alpha value is -2.08. The predicted molar refractivity (Wildman–Crippen MR) is 84.8 cm³/mol. The van der Waals surface area contributed by atoms with Gasteiger partial charge in [-0.3, -0.25) is 4.79 Å². The van der Waals surface area contributed by atoms with Crippen molar-refractivity contribution in [1.82, 2.24) is 10.3 Å². The number of hydrogen-bond acceptors (Lipinski definition) is 5. The highest BCUT2D eigenvalue weighted by Gasteiger charge is 2.19. The summed E-state index contributed by atoms with van der Waals surface area (Å²) in [6.45, 7) is 5.04. The van der Waals surface area contributed by atoms with Gasteiger partial charge in [-0.15, -0.1) is 11.3 Å². The third-order valence-electron chi connectivity index (χ3n) is 3.45. The molecular weight excluding hydrogens is 300 g/mol. The molecule has 6 heteroatoms. The summed E-state index contributed by atoms with van der Waals surface area (Å²) < 4.78 is 11.0. The van der Waals surface area contributed by atoms with Gasteiger partial charge in [-0.05, 0) is 31.5 Å². The van der Waals surface area contributed by atoms with Crippen LogP contribution in [-0.2, 0) is 0 Å². The van der Waals surface area contributed by atoms with Crippen molar-refractivity contribution in [2.45, 2.75) is 26.3 Å². The fourth-order valence-electron chi connectivity index (χ4n) is 2.30. The number of nitrogens with one attached hydrogen (secondary N) is 1. The summed E-state index contributed by atoms with van der Waals surface area (Å²) in [5, 5.41) is 5.96. The van der Waals surface area contributed by atoms with Crippen molar-refractivity contribution >= 4 is 17.2 Å². The van der Waals surface area contributed by atoms with Gasteiger partial charge in [0.15, 0.2) is 11.5 Å². The minimum absolute atomic E-state index is 0.0700. The predicted octanol–water partition coefficient (Wildman–Crippen LogP) is 3.10. The van der Waals surface area contributed by atoms with E-state index in [0.717, 1.165) is 17.1 Å². The fraction of sp³-hybridized carbons (Fsp3) is 0.375. The average molecular weight is 318 g/mol. The van der Waals surface area contributed by atoms with E-state index < -0.39 is 0 Å². The van der Waals surface area contributed by atoms with E-state index in [0.29, 0.717) is 30.3 Å². The maximum Gasteiger partial charge on any atom is 0.251 e. The van der Waals surface area contributed by atoms with Gasteiger partial charge in [-0.25, -0.2) is 4.98 Å². The van der Waals surface area contributed by atoms with Gasteiger partial charge in [0.1, 0.15) is 18.2 Å². The molecule has 0 bridgehead atoms. The number of amides is 1. The SMILES string of the molecule is CC[C@@H](NC(=O)c1ccc2c(c1)OCCO2)c1nc(C)cs1. The number of rotatable bonds is 4. The van der Waals surface area contributed by atoms with Crippen molar-refractivity contribution in [2.75, 3.05) is 13.2 Å². The van der Waals surface area contributed by atoms with Gasteiger partial charge in [-0.2, -0.15) is 0 Å². The molecule has 1 aromatic carbocycles. The van der Waals surface area contributed by atoms with Crippen LogP contribution < -0.4 is 14.8 Å². The Balaban J connectivity index is 1.75. The highest BCUT2D eigenvalue weighted by atomic mass is 32.1. The Bertz CT molecular complexity index is 684. The first-order chi connectivity index (χ1) is 10.7. The number of carbonyl (C=O) groups excluding carboxylic acids is 1. The molecule has 116 valence electrons. The minimum atomic E-state index is -0.128. The molecule has 0 spiro atoms. The van der Waals surface area contributed by atoms with E-state index >= 15 is 0 Å². The quantitative estimate of drug-likeness (QED) is 0.941. The van der Waals surface area contributed by atoms with Crippen LogP contribution in [0.1, 0.15) is 40.4 Å².